The van der Waals surface area contributed by atoms with Crippen LogP contribution in [0.5, 0.6) is 0 Å². The van der Waals surface area contributed by atoms with Crippen LogP contribution in [0.4, 0.5) is 0 Å². The molecule has 0 bridgehead atoms. The molecule has 0 aromatic carbocycles. The van der Waals surface area contributed by atoms with Crippen LogP contribution >= 0.6 is 0 Å². The lowest BCUT2D eigenvalue weighted by molar-refractivity contribution is -0.130. The second kappa shape index (κ2) is 5.95. The molecule has 0 saturated carbocycles. The van der Waals surface area contributed by atoms with Crippen LogP contribution in [0.15, 0.2) is 6.33 Å². The average Bonchev–Trinajstić information content (AvgIpc) is 2.96. The van der Waals surface area contributed by atoms with Gasteiger partial charge in [-0.1, -0.05) is 6.92 Å². The molecule has 0 aliphatic carbocycles. The molecule has 1 saturated heterocycles. The van der Waals surface area contributed by atoms with Crippen LogP contribution < -0.4 is 5.32 Å². The van der Waals surface area contributed by atoms with E-state index < -0.39 is 0 Å². The van der Waals surface area contributed by atoms with E-state index in [0.29, 0.717) is 6.54 Å². The lowest BCUT2D eigenvalue weighted by Gasteiger charge is -2.16. The summed E-state index contributed by atoms with van der Waals surface area (Å²) in [7, 11) is 0. The first kappa shape index (κ1) is 13.0. The second-order valence-corrected chi connectivity index (χ2v) is 4.59. The van der Waals surface area contributed by atoms with Gasteiger partial charge in [-0.3, -0.25) is 4.79 Å². The number of hydrogen-bond acceptors (Lipinski definition) is 4. The minimum absolute atomic E-state index is 0.0112. The summed E-state index contributed by atoms with van der Waals surface area (Å²) in [5.74, 6) is 1.05. The van der Waals surface area contributed by atoms with E-state index in [-0.39, 0.29) is 11.9 Å². The van der Waals surface area contributed by atoms with E-state index in [1.807, 2.05) is 16.4 Å². The van der Waals surface area contributed by atoms with Gasteiger partial charge >= 0.3 is 0 Å². The number of hydrogen-bond donors (Lipinski definition) is 1. The number of aromatic nitrogens is 3. The normalized spacial score (nSPS) is 19.8. The molecule has 0 radical (unpaired) electrons. The molecule has 1 aromatic rings. The Morgan fingerprint density at radius 1 is 1.50 bits per heavy atom. The van der Waals surface area contributed by atoms with Crippen molar-refractivity contribution in [2.24, 2.45) is 0 Å². The summed E-state index contributed by atoms with van der Waals surface area (Å²) >= 11 is 0. The van der Waals surface area contributed by atoms with Gasteiger partial charge in [-0.15, -0.1) is 10.2 Å². The van der Waals surface area contributed by atoms with E-state index in [1.54, 1.807) is 6.33 Å². The number of aryl methyl sites for hydroxylation is 1. The number of carbonyl (C=O) groups excluding carboxylic acids is 1. The van der Waals surface area contributed by atoms with E-state index in [0.717, 1.165) is 38.3 Å². The Bertz CT molecular complexity index is 403. The number of nitrogens with zero attached hydrogens (tertiary/aromatic N) is 4. The lowest BCUT2D eigenvalue weighted by atomic mass is 10.2. The average molecular weight is 251 g/mol. The number of nitrogens with one attached hydrogen (secondary N) is 1. The summed E-state index contributed by atoms with van der Waals surface area (Å²) in [5, 5.41) is 11.2. The van der Waals surface area contributed by atoms with Crippen molar-refractivity contribution in [3.63, 3.8) is 0 Å². The van der Waals surface area contributed by atoms with Crippen LogP contribution in [0.3, 0.4) is 0 Å². The third kappa shape index (κ3) is 2.69. The Labute approximate surface area is 107 Å². The molecule has 1 aromatic heterocycles. The van der Waals surface area contributed by atoms with Gasteiger partial charge in [0.2, 0.25) is 5.91 Å². The van der Waals surface area contributed by atoms with Gasteiger partial charge in [0, 0.05) is 13.1 Å². The zero-order valence-electron chi connectivity index (χ0n) is 11.1. The van der Waals surface area contributed by atoms with E-state index in [2.05, 4.69) is 22.4 Å². The topological polar surface area (TPSA) is 63.0 Å². The van der Waals surface area contributed by atoms with Crippen LogP contribution in [0, 0.1) is 0 Å². The zero-order valence-corrected chi connectivity index (χ0v) is 11.1. The summed E-state index contributed by atoms with van der Waals surface area (Å²) in [5.41, 5.74) is 0. The number of carbonyl (C=O) groups is 1. The Morgan fingerprint density at radius 3 is 3.06 bits per heavy atom. The zero-order chi connectivity index (χ0) is 13.0. The smallest absolute Gasteiger partial charge is 0.240 e. The maximum Gasteiger partial charge on any atom is 0.240 e. The number of likely N-dealkylation sites (tertiary alicyclic amines) is 1. The molecular formula is C12H21N5O. The van der Waals surface area contributed by atoms with Crippen molar-refractivity contribution < 1.29 is 4.79 Å². The van der Waals surface area contributed by atoms with Crippen molar-refractivity contribution in [3.8, 4) is 0 Å². The van der Waals surface area contributed by atoms with Gasteiger partial charge in [0.15, 0.2) is 5.82 Å². The highest BCUT2D eigenvalue weighted by Crippen LogP contribution is 2.14. The van der Waals surface area contributed by atoms with E-state index >= 15 is 0 Å². The minimum Gasteiger partial charge on any atom is -0.334 e. The third-order valence-electron chi connectivity index (χ3n) is 3.31. The van der Waals surface area contributed by atoms with Crippen molar-refractivity contribution in [3.05, 3.63) is 12.2 Å². The Kier molecular flexibility index (Phi) is 4.30. The first-order chi connectivity index (χ1) is 8.76. The van der Waals surface area contributed by atoms with Crippen molar-refractivity contribution in [2.75, 3.05) is 13.1 Å². The van der Waals surface area contributed by atoms with Crippen LogP contribution in [0.2, 0.25) is 0 Å². The molecule has 0 spiro atoms. The molecule has 1 atom stereocenters. The van der Waals surface area contributed by atoms with Crippen molar-refractivity contribution in [2.45, 2.75) is 45.8 Å². The van der Waals surface area contributed by atoms with Crippen molar-refractivity contribution >= 4 is 5.91 Å². The Hall–Kier alpha value is -1.43. The predicted molar refractivity (Wildman–Crippen MR) is 67.8 cm³/mol. The molecule has 6 nitrogen and oxygen atoms in total. The van der Waals surface area contributed by atoms with Crippen LogP contribution in [0.25, 0.3) is 0 Å². The van der Waals surface area contributed by atoms with Gasteiger partial charge in [-0.05, 0) is 26.3 Å². The summed E-state index contributed by atoms with van der Waals surface area (Å²) in [4.78, 5) is 14.0. The highest BCUT2D eigenvalue weighted by atomic mass is 16.2. The number of amides is 1. The van der Waals surface area contributed by atoms with Crippen LogP contribution in [-0.2, 0) is 17.9 Å². The largest absolute Gasteiger partial charge is 0.334 e. The molecule has 100 valence electrons. The lowest BCUT2D eigenvalue weighted by Crippen LogP contribution is -2.38. The molecule has 2 rings (SSSR count). The standard InChI is InChI=1S/C12H21N5O/c1-3-6-13-10-5-7-17(12(10)18)8-11-15-14-9-16(11)4-2/h9-10,13H,3-8H2,1-2H3. The van der Waals surface area contributed by atoms with Gasteiger partial charge < -0.3 is 14.8 Å². The van der Waals surface area contributed by atoms with Crippen molar-refractivity contribution in [1.82, 2.24) is 25.0 Å². The highest BCUT2D eigenvalue weighted by Gasteiger charge is 2.31. The molecule has 1 aliphatic rings. The summed E-state index contributed by atoms with van der Waals surface area (Å²) in [6.45, 7) is 7.25. The van der Waals surface area contributed by atoms with E-state index in [4.69, 9.17) is 0 Å². The number of rotatable bonds is 6. The monoisotopic (exact) mass is 251 g/mol. The molecule has 1 fully saturated rings. The fraction of sp³-hybridized carbons (Fsp3) is 0.750. The maximum absolute atomic E-state index is 12.1. The molecule has 1 aliphatic heterocycles. The first-order valence-electron chi connectivity index (χ1n) is 6.65. The van der Waals surface area contributed by atoms with Crippen LogP contribution in [0.1, 0.15) is 32.5 Å². The fourth-order valence-corrected chi connectivity index (χ4v) is 2.24. The van der Waals surface area contributed by atoms with E-state index in [9.17, 15) is 4.79 Å². The quantitative estimate of drug-likeness (QED) is 0.795. The molecule has 1 amide bonds. The SMILES string of the molecule is CCCNC1CCN(Cc2nncn2CC)C1=O. The Balaban J connectivity index is 1.93. The first-order valence-corrected chi connectivity index (χ1v) is 6.65. The fourth-order valence-electron chi connectivity index (χ4n) is 2.24. The van der Waals surface area contributed by atoms with Gasteiger partial charge in [0.25, 0.3) is 0 Å². The molecule has 1 N–H and O–H groups in total. The second-order valence-electron chi connectivity index (χ2n) is 4.59. The molecule has 18 heavy (non-hydrogen) atoms. The third-order valence-corrected chi connectivity index (χ3v) is 3.31. The van der Waals surface area contributed by atoms with Gasteiger partial charge in [-0.25, -0.2) is 0 Å². The van der Waals surface area contributed by atoms with Gasteiger partial charge in [0.05, 0.1) is 12.6 Å². The summed E-state index contributed by atoms with van der Waals surface area (Å²) in [6, 6.07) is -0.0112. The minimum atomic E-state index is -0.0112. The van der Waals surface area contributed by atoms with Gasteiger partial charge in [0.1, 0.15) is 6.33 Å². The van der Waals surface area contributed by atoms with Gasteiger partial charge in [-0.2, -0.15) is 0 Å². The maximum atomic E-state index is 12.1. The Morgan fingerprint density at radius 2 is 2.33 bits per heavy atom. The summed E-state index contributed by atoms with van der Waals surface area (Å²) in [6.07, 6.45) is 3.65. The molecule has 1 unspecified atom stereocenters. The molecule has 6 heteroatoms. The van der Waals surface area contributed by atoms with Crippen molar-refractivity contribution in [1.29, 1.82) is 0 Å². The predicted octanol–water partition coefficient (Wildman–Crippen LogP) is 0.398. The van der Waals surface area contributed by atoms with Crippen LogP contribution in [-0.4, -0.2) is 44.7 Å². The molecular weight excluding hydrogens is 230 g/mol. The molecule has 2 heterocycles. The summed E-state index contributed by atoms with van der Waals surface area (Å²) < 4.78 is 1.97. The highest BCUT2D eigenvalue weighted by molar-refractivity contribution is 5.83. The van der Waals surface area contributed by atoms with E-state index in [1.165, 1.54) is 0 Å².